The van der Waals surface area contributed by atoms with Crippen LogP contribution in [0.15, 0.2) is 0 Å². The van der Waals surface area contributed by atoms with Gasteiger partial charge in [0.05, 0.1) is 13.1 Å². The maximum Gasteiger partial charge on any atom is 0.323 e. The molecule has 1 rings (SSSR count). The van der Waals surface area contributed by atoms with Crippen molar-refractivity contribution >= 4 is 17.8 Å². The summed E-state index contributed by atoms with van der Waals surface area (Å²) in [6.45, 7) is -0.349. The fourth-order valence-corrected chi connectivity index (χ4v) is 1.45. The van der Waals surface area contributed by atoms with Gasteiger partial charge in [-0.25, -0.2) is 0 Å². The molecular weight excluding hydrogens is 226 g/mol. The molecule has 0 aliphatic carbocycles. The van der Waals surface area contributed by atoms with Crippen molar-refractivity contribution in [2.45, 2.75) is 6.04 Å². The predicted molar refractivity (Wildman–Crippen MR) is 57.8 cm³/mol. The Labute approximate surface area is 98.2 Å². The number of amides is 2. The molecule has 0 aromatic rings. The second-order valence-corrected chi connectivity index (χ2v) is 3.53. The van der Waals surface area contributed by atoms with E-state index in [0.29, 0.717) is 0 Å². The molecule has 1 unspecified atom stereocenters. The van der Waals surface area contributed by atoms with E-state index in [1.54, 1.807) is 0 Å². The minimum atomic E-state index is -1.13. The second-order valence-electron chi connectivity index (χ2n) is 3.53. The molecule has 7 heteroatoms. The van der Waals surface area contributed by atoms with Crippen LogP contribution < -0.4 is 10.6 Å². The van der Waals surface area contributed by atoms with Crippen molar-refractivity contribution in [2.24, 2.45) is 0 Å². The van der Waals surface area contributed by atoms with Gasteiger partial charge in [-0.1, -0.05) is 5.92 Å². The first kappa shape index (κ1) is 13.0. The van der Waals surface area contributed by atoms with Crippen LogP contribution in [0, 0.1) is 12.3 Å². The summed E-state index contributed by atoms with van der Waals surface area (Å²) in [5.41, 5.74) is 0. The largest absolute Gasteiger partial charge is 0.480 e. The lowest BCUT2D eigenvalue weighted by Crippen LogP contribution is -2.59. The number of rotatable bonds is 4. The monoisotopic (exact) mass is 239 g/mol. The molecular formula is C10H13N3O4. The Bertz CT molecular complexity index is 364. The molecule has 1 heterocycles. The quantitative estimate of drug-likeness (QED) is 0.476. The van der Waals surface area contributed by atoms with Gasteiger partial charge in [0.15, 0.2) is 0 Å². The molecule has 7 nitrogen and oxygen atoms in total. The molecule has 1 aliphatic heterocycles. The Morgan fingerprint density at radius 1 is 1.59 bits per heavy atom. The zero-order valence-electron chi connectivity index (χ0n) is 9.10. The van der Waals surface area contributed by atoms with E-state index in [4.69, 9.17) is 11.5 Å². The number of aliphatic carboxylic acids is 1. The smallest absolute Gasteiger partial charge is 0.323 e. The molecule has 92 valence electrons. The average Bonchev–Trinajstić information content (AvgIpc) is 2.28. The van der Waals surface area contributed by atoms with Crippen LogP contribution in [0.5, 0.6) is 0 Å². The molecule has 0 saturated carbocycles. The second kappa shape index (κ2) is 5.86. The number of nitrogens with zero attached hydrogens (tertiary/aromatic N) is 1. The maximum atomic E-state index is 11.9. The van der Waals surface area contributed by atoms with Crippen molar-refractivity contribution < 1.29 is 19.5 Å². The first-order valence-electron chi connectivity index (χ1n) is 4.98. The van der Waals surface area contributed by atoms with Crippen molar-refractivity contribution in [2.75, 3.05) is 26.2 Å². The van der Waals surface area contributed by atoms with E-state index in [9.17, 15) is 14.4 Å². The van der Waals surface area contributed by atoms with Gasteiger partial charge in [-0.05, 0) is 0 Å². The first-order valence-corrected chi connectivity index (χ1v) is 4.98. The molecule has 17 heavy (non-hydrogen) atoms. The van der Waals surface area contributed by atoms with Gasteiger partial charge in [0.25, 0.3) is 0 Å². The summed E-state index contributed by atoms with van der Waals surface area (Å²) in [7, 11) is 0. The molecule has 0 bridgehead atoms. The highest BCUT2D eigenvalue weighted by Crippen LogP contribution is 1.97. The van der Waals surface area contributed by atoms with Gasteiger partial charge in [-0.3, -0.25) is 19.7 Å². The Kier molecular flexibility index (Phi) is 4.48. The third-order valence-electron chi connectivity index (χ3n) is 2.23. The molecule has 0 aromatic carbocycles. The SMILES string of the molecule is C#CCN(CC(=O)O)C(=O)C1CNC(=O)CN1. The number of carbonyl (C=O) groups excluding carboxylic acids is 2. The van der Waals surface area contributed by atoms with Crippen LogP contribution in [0.25, 0.3) is 0 Å². The number of carbonyl (C=O) groups is 3. The Balaban J connectivity index is 2.61. The third-order valence-corrected chi connectivity index (χ3v) is 2.23. The topological polar surface area (TPSA) is 98.7 Å². The van der Waals surface area contributed by atoms with E-state index in [0.717, 1.165) is 4.90 Å². The lowest BCUT2D eigenvalue weighted by Gasteiger charge is -2.28. The molecule has 1 saturated heterocycles. The van der Waals surface area contributed by atoms with Crippen molar-refractivity contribution in [1.82, 2.24) is 15.5 Å². The molecule has 0 aromatic heterocycles. The van der Waals surface area contributed by atoms with Gasteiger partial charge in [0.1, 0.15) is 12.6 Å². The number of carboxylic acid groups (broad SMARTS) is 1. The highest BCUT2D eigenvalue weighted by atomic mass is 16.4. The molecule has 3 N–H and O–H groups in total. The normalized spacial score (nSPS) is 19.0. The van der Waals surface area contributed by atoms with Gasteiger partial charge in [-0.2, -0.15) is 0 Å². The minimum Gasteiger partial charge on any atom is -0.480 e. The van der Waals surface area contributed by atoms with Crippen molar-refractivity contribution in [3.8, 4) is 12.3 Å². The zero-order chi connectivity index (χ0) is 12.8. The van der Waals surface area contributed by atoms with E-state index in [-0.39, 0.29) is 25.5 Å². The number of hydrogen-bond acceptors (Lipinski definition) is 4. The van der Waals surface area contributed by atoms with Gasteiger partial charge in [0.2, 0.25) is 11.8 Å². The molecule has 0 spiro atoms. The minimum absolute atomic E-state index is 0.0351. The summed E-state index contributed by atoms with van der Waals surface area (Å²) < 4.78 is 0. The summed E-state index contributed by atoms with van der Waals surface area (Å²) in [4.78, 5) is 34.4. The highest BCUT2D eigenvalue weighted by Gasteiger charge is 2.28. The highest BCUT2D eigenvalue weighted by molar-refractivity contribution is 5.88. The predicted octanol–water partition coefficient (Wildman–Crippen LogP) is -2.38. The average molecular weight is 239 g/mol. The van der Waals surface area contributed by atoms with Gasteiger partial charge >= 0.3 is 5.97 Å². The number of hydrogen-bond donors (Lipinski definition) is 3. The van der Waals surface area contributed by atoms with Crippen LogP contribution in [0.4, 0.5) is 0 Å². The van der Waals surface area contributed by atoms with Crippen molar-refractivity contribution in [1.29, 1.82) is 0 Å². The van der Waals surface area contributed by atoms with E-state index < -0.39 is 24.5 Å². The fourth-order valence-electron chi connectivity index (χ4n) is 1.45. The Morgan fingerprint density at radius 3 is 2.76 bits per heavy atom. The van der Waals surface area contributed by atoms with Crippen molar-refractivity contribution in [3.05, 3.63) is 0 Å². The standard InChI is InChI=1S/C10H13N3O4/c1-2-3-13(6-9(15)16)10(17)7-4-12-8(14)5-11-7/h1,7,11H,3-6H2,(H,12,14)(H,15,16). The molecule has 1 aliphatic rings. The molecule has 1 atom stereocenters. The molecule has 1 fully saturated rings. The maximum absolute atomic E-state index is 11.9. The van der Waals surface area contributed by atoms with E-state index >= 15 is 0 Å². The van der Waals surface area contributed by atoms with Crippen LogP contribution in [0.1, 0.15) is 0 Å². The molecule has 0 radical (unpaired) electrons. The summed E-state index contributed by atoms with van der Waals surface area (Å²) >= 11 is 0. The summed E-state index contributed by atoms with van der Waals surface area (Å²) in [5, 5.41) is 13.9. The number of nitrogens with one attached hydrogen (secondary N) is 2. The lowest BCUT2D eigenvalue weighted by molar-refractivity contribution is -0.145. The van der Waals surface area contributed by atoms with Crippen LogP contribution in [-0.2, 0) is 14.4 Å². The van der Waals surface area contributed by atoms with Crippen LogP contribution in [-0.4, -0.2) is 60.0 Å². The molecule has 2 amide bonds. The van der Waals surface area contributed by atoms with Gasteiger partial charge in [0, 0.05) is 6.54 Å². The van der Waals surface area contributed by atoms with Crippen molar-refractivity contribution in [3.63, 3.8) is 0 Å². The Hall–Kier alpha value is -2.07. The summed E-state index contributed by atoms with van der Waals surface area (Å²) in [6.07, 6.45) is 5.07. The zero-order valence-corrected chi connectivity index (χ0v) is 9.10. The van der Waals surface area contributed by atoms with Crippen LogP contribution >= 0.6 is 0 Å². The van der Waals surface area contributed by atoms with Gasteiger partial charge in [-0.15, -0.1) is 6.42 Å². The van der Waals surface area contributed by atoms with Crippen LogP contribution in [0.2, 0.25) is 0 Å². The number of piperazine rings is 1. The van der Waals surface area contributed by atoms with E-state index in [2.05, 4.69) is 16.6 Å². The van der Waals surface area contributed by atoms with E-state index in [1.807, 2.05) is 0 Å². The third kappa shape index (κ3) is 3.77. The number of terminal acetylenes is 1. The summed E-state index contributed by atoms with van der Waals surface area (Å²) in [5.74, 6) is 0.474. The van der Waals surface area contributed by atoms with E-state index in [1.165, 1.54) is 0 Å². The van der Waals surface area contributed by atoms with Crippen LogP contribution in [0.3, 0.4) is 0 Å². The first-order chi connectivity index (χ1) is 8.04. The lowest BCUT2D eigenvalue weighted by atomic mass is 10.2. The Morgan fingerprint density at radius 2 is 2.29 bits per heavy atom. The number of carboxylic acids is 1. The van der Waals surface area contributed by atoms with Gasteiger partial charge < -0.3 is 15.3 Å². The fraction of sp³-hybridized carbons (Fsp3) is 0.500. The summed E-state index contributed by atoms with van der Waals surface area (Å²) in [6, 6.07) is -0.625.